The molecule has 1 aromatic rings. The molecule has 116 valence electrons. The third-order valence-corrected chi connectivity index (χ3v) is 4.02. The number of nitrogens with zero attached hydrogens (tertiary/aromatic N) is 3. The first-order chi connectivity index (χ1) is 9.79. The number of anilines is 1. The number of likely N-dealkylation sites (N-methyl/N-ethyl adjacent to an activating group) is 1. The maximum atomic E-state index is 10.1. The molecule has 1 aliphatic rings. The third kappa shape index (κ3) is 3.51. The molecule has 1 fully saturated rings. The Balaban J connectivity index is 2.46. The molecule has 2 rings (SSSR count). The Morgan fingerprint density at radius 2 is 2.19 bits per heavy atom. The van der Waals surface area contributed by atoms with Gasteiger partial charge in [0.05, 0.1) is 11.7 Å². The number of aryl methyl sites for hydroxylation is 2. The van der Waals surface area contributed by atoms with E-state index in [4.69, 9.17) is 18.0 Å². The number of hydrogen-bond acceptors (Lipinski definition) is 5. The van der Waals surface area contributed by atoms with Crippen LogP contribution in [-0.4, -0.2) is 59.3 Å². The Morgan fingerprint density at radius 3 is 2.76 bits per heavy atom. The smallest absolute Gasteiger partial charge is 0.139 e. The molecule has 3 N–H and O–H groups in total. The van der Waals surface area contributed by atoms with Crippen molar-refractivity contribution in [1.82, 2.24) is 9.88 Å². The zero-order valence-corrected chi connectivity index (χ0v) is 13.9. The van der Waals surface area contributed by atoms with Crippen molar-refractivity contribution < 1.29 is 5.11 Å². The Labute approximate surface area is 131 Å². The zero-order chi connectivity index (χ0) is 15.7. The summed E-state index contributed by atoms with van der Waals surface area (Å²) in [7, 11) is 4.07. The fourth-order valence-corrected chi connectivity index (χ4v) is 3.33. The van der Waals surface area contributed by atoms with Crippen LogP contribution in [0.5, 0.6) is 0 Å². The fourth-order valence-electron chi connectivity index (χ4n) is 3.08. The van der Waals surface area contributed by atoms with E-state index in [-0.39, 0.29) is 12.1 Å². The molecular weight excluding hydrogens is 284 g/mol. The zero-order valence-electron chi connectivity index (χ0n) is 13.1. The topological polar surface area (TPSA) is 65.6 Å². The summed E-state index contributed by atoms with van der Waals surface area (Å²) < 4.78 is 0. The number of aliphatic hydroxyl groups excluding tert-OH is 1. The summed E-state index contributed by atoms with van der Waals surface area (Å²) in [6, 6.07) is 2.21. The van der Waals surface area contributed by atoms with E-state index in [1.54, 1.807) is 0 Å². The summed E-state index contributed by atoms with van der Waals surface area (Å²) in [4.78, 5) is 9.29. The molecule has 0 aliphatic carbocycles. The van der Waals surface area contributed by atoms with E-state index in [1.807, 2.05) is 34.0 Å². The van der Waals surface area contributed by atoms with Crippen molar-refractivity contribution in [3.05, 3.63) is 22.9 Å². The molecule has 2 unspecified atom stereocenters. The molecule has 2 heterocycles. The highest BCUT2D eigenvalue weighted by atomic mass is 32.1. The minimum absolute atomic E-state index is 0.219. The van der Waals surface area contributed by atoms with Crippen LogP contribution in [0.3, 0.4) is 0 Å². The van der Waals surface area contributed by atoms with Crippen molar-refractivity contribution in [3.8, 4) is 0 Å². The van der Waals surface area contributed by atoms with Gasteiger partial charge in [-0.3, -0.25) is 0 Å². The average molecular weight is 308 g/mol. The monoisotopic (exact) mass is 308 g/mol. The van der Waals surface area contributed by atoms with Crippen molar-refractivity contribution in [2.45, 2.75) is 32.4 Å². The van der Waals surface area contributed by atoms with Gasteiger partial charge in [-0.25, -0.2) is 4.98 Å². The van der Waals surface area contributed by atoms with E-state index < -0.39 is 0 Å². The van der Waals surface area contributed by atoms with E-state index in [0.717, 1.165) is 35.6 Å². The quantitative estimate of drug-likeness (QED) is 0.804. The van der Waals surface area contributed by atoms with Crippen molar-refractivity contribution >= 4 is 23.0 Å². The highest BCUT2D eigenvalue weighted by Gasteiger charge is 2.34. The number of aromatic nitrogens is 1. The molecule has 0 radical (unpaired) electrons. The molecule has 1 saturated heterocycles. The summed E-state index contributed by atoms with van der Waals surface area (Å²) in [6.07, 6.45) is 0.403. The number of hydrogen-bond donors (Lipinski definition) is 2. The Hall–Kier alpha value is -1.24. The van der Waals surface area contributed by atoms with Crippen LogP contribution in [0.2, 0.25) is 0 Å². The summed E-state index contributed by atoms with van der Waals surface area (Å²) in [5, 5.41) is 10.1. The van der Waals surface area contributed by atoms with Crippen LogP contribution in [0.15, 0.2) is 6.07 Å². The Bertz CT molecular complexity index is 547. The average Bonchev–Trinajstić information content (AvgIpc) is 2.67. The number of nitrogens with two attached hydrogens (primary N) is 1. The predicted molar refractivity (Wildman–Crippen MR) is 89.9 cm³/mol. The lowest BCUT2D eigenvalue weighted by Crippen LogP contribution is -2.39. The van der Waals surface area contributed by atoms with Gasteiger partial charge in [-0.15, -0.1) is 0 Å². The van der Waals surface area contributed by atoms with Crippen LogP contribution >= 0.6 is 12.2 Å². The second-order valence-corrected chi connectivity index (χ2v) is 6.54. The third-order valence-electron chi connectivity index (χ3n) is 3.81. The fraction of sp³-hybridized carbons (Fsp3) is 0.600. The summed E-state index contributed by atoms with van der Waals surface area (Å²) in [6.45, 7) is 5.40. The maximum absolute atomic E-state index is 10.1. The lowest BCUT2D eigenvalue weighted by molar-refractivity contribution is 0.191. The normalized spacial score (nSPS) is 22.1. The first-order valence-electron chi connectivity index (χ1n) is 7.17. The van der Waals surface area contributed by atoms with E-state index in [2.05, 4.69) is 14.8 Å². The van der Waals surface area contributed by atoms with Gasteiger partial charge in [0.15, 0.2) is 0 Å². The summed E-state index contributed by atoms with van der Waals surface area (Å²) in [5.41, 5.74) is 8.71. The molecule has 6 heteroatoms. The van der Waals surface area contributed by atoms with Crippen LogP contribution in [0, 0.1) is 13.8 Å². The van der Waals surface area contributed by atoms with E-state index in [0.29, 0.717) is 11.5 Å². The van der Waals surface area contributed by atoms with Gasteiger partial charge in [0.1, 0.15) is 10.8 Å². The second-order valence-electron chi connectivity index (χ2n) is 6.10. The van der Waals surface area contributed by atoms with Crippen LogP contribution in [-0.2, 0) is 0 Å². The molecule has 1 aromatic heterocycles. The van der Waals surface area contributed by atoms with Crippen LogP contribution < -0.4 is 10.6 Å². The van der Waals surface area contributed by atoms with Gasteiger partial charge in [-0.2, -0.15) is 0 Å². The molecule has 0 bridgehead atoms. The van der Waals surface area contributed by atoms with Crippen molar-refractivity contribution in [2.24, 2.45) is 5.73 Å². The van der Waals surface area contributed by atoms with Gasteiger partial charge in [0.2, 0.25) is 0 Å². The summed E-state index contributed by atoms with van der Waals surface area (Å²) >= 11 is 5.21. The number of thiocarbonyl (C=S) groups is 1. The number of rotatable bonds is 4. The van der Waals surface area contributed by atoms with Gasteiger partial charge in [0, 0.05) is 24.8 Å². The molecule has 0 spiro atoms. The minimum Gasteiger partial charge on any atom is -0.391 e. The van der Waals surface area contributed by atoms with Crippen molar-refractivity contribution in [2.75, 3.05) is 32.1 Å². The maximum Gasteiger partial charge on any atom is 0.139 e. The lowest BCUT2D eigenvalue weighted by atomic mass is 10.1. The Morgan fingerprint density at radius 1 is 1.52 bits per heavy atom. The van der Waals surface area contributed by atoms with E-state index in [1.165, 1.54) is 0 Å². The van der Waals surface area contributed by atoms with E-state index >= 15 is 0 Å². The predicted octanol–water partition coefficient (Wildman–Crippen LogP) is 0.834. The molecular formula is C15H24N4OS. The number of β-amino-alcohol motifs (C(OH)–C–C–N with tert-alkyl or cyclic N) is 1. The van der Waals surface area contributed by atoms with Gasteiger partial charge < -0.3 is 20.6 Å². The van der Waals surface area contributed by atoms with Crippen LogP contribution in [0.25, 0.3) is 0 Å². The molecule has 2 atom stereocenters. The molecule has 0 amide bonds. The molecule has 1 aliphatic heterocycles. The highest BCUT2D eigenvalue weighted by molar-refractivity contribution is 7.80. The highest BCUT2D eigenvalue weighted by Crippen LogP contribution is 2.29. The van der Waals surface area contributed by atoms with Gasteiger partial charge in [0.25, 0.3) is 0 Å². The number of aliphatic hydroxyl groups is 1. The van der Waals surface area contributed by atoms with Crippen LogP contribution in [0.1, 0.15) is 23.2 Å². The van der Waals surface area contributed by atoms with Gasteiger partial charge in [-0.1, -0.05) is 12.2 Å². The SMILES string of the molecule is Cc1cc(C)c(C(N)=S)c(N2CC(O)CC2CN(C)C)n1. The van der Waals surface area contributed by atoms with Crippen LogP contribution in [0.4, 0.5) is 5.82 Å². The standard InChI is InChI=1S/C15H24N4OS/c1-9-5-10(2)17-15(13(9)14(16)21)19-8-12(20)6-11(19)7-18(3)4/h5,11-12,20H,6-8H2,1-4H3,(H2,16,21). The van der Waals surface area contributed by atoms with Crippen molar-refractivity contribution in [3.63, 3.8) is 0 Å². The molecule has 21 heavy (non-hydrogen) atoms. The molecule has 0 saturated carbocycles. The minimum atomic E-state index is -0.336. The first kappa shape index (κ1) is 16.1. The second kappa shape index (κ2) is 6.25. The largest absolute Gasteiger partial charge is 0.391 e. The molecule has 5 nitrogen and oxygen atoms in total. The Kier molecular flexibility index (Phi) is 4.81. The summed E-state index contributed by atoms with van der Waals surface area (Å²) in [5.74, 6) is 0.809. The van der Waals surface area contributed by atoms with Gasteiger partial charge in [-0.05, 0) is 46.0 Å². The first-order valence-corrected chi connectivity index (χ1v) is 7.58. The van der Waals surface area contributed by atoms with Crippen molar-refractivity contribution in [1.29, 1.82) is 0 Å². The molecule has 0 aromatic carbocycles. The number of pyridine rings is 1. The lowest BCUT2D eigenvalue weighted by Gasteiger charge is -2.30. The van der Waals surface area contributed by atoms with Gasteiger partial charge >= 0.3 is 0 Å². The van der Waals surface area contributed by atoms with E-state index in [9.17, 15) is 5.11 Å².